The number of hydrogen-bond donors (Lipinski definition) is 3. The third-order valence-corrected chi connectivity index (χ3v) is 5.99. The molecular weight excluding hydrogens is 386 g/mol. The fourth-order valence-corrected chi connectivity index (χ4v) is 4.00. The molecule has 0 aliphatic carbocycles. The number of sulfonamides is 1. The van der Waals surface area contributed by atoms with Crippen molar-refractivity contribution in [3.63, 3.8) is 0 Å². The van der Waals surface area contributed by atoms with E-state index in [9.17, 15) is 18.0 Å². The minimum Gasteiger partial charge on any atom is -0.354 e. The zero-order valence-corrected chi connectivity index (χ0v) is 16.8. The van der Waals surface area contributed by atoms with Crippen molar-refractivity contribution in [3.8, 4) is 0 Å². The molecule has 1 unspecified atom stereocenters. The van der Waals surface area contributed by atoms with Crippen molar-refractivity contribution < 1.29 is 18.0 Å². The van der Waals surface area contributed by atoms with Gasteiger partial charge in [-0.05, 0) is 43.0 Å². The summed E-state index contributed by atoms with van der Waals surface area (Å²) in [6.45, 7) is 4.22. The summed E-state index contributed by atoms with van der Waals surface area (Å²) in [6.07, 6.45) is 0.796. The Bertz CT molecular complexity index is 880. The molecule has 1 heterocycles. The number of amides is 2. The van der Waals surface area contributed by atoms with Gasteiger partial charge < -0.3 is 10.6 Å². The molecule has 1 atom stereocenters. The van der Waals surface area contributed by atoms with E-state index in [1.54, 1.807) is 6.92 Å². The fraction of sp³-hybridized carbons (Fsp3) is 0.333. The van der Waals surface area contributed by atoms with Crippen molar-refractivity contribution in [1.82, 2.24) is 15.4 Å². The maximum Gasteiger partial charge on any atom is 0.251 e. The van der Waals surface area contributed by atoms with Crippen molar-refractivity contribution in [1.29, 1.82) is 0 Å². The molecule has 0 saturated carbocycles. The predicted octanol–water partition coefficient (Wildman–Crippen LogP) is 1.87. The Labute approximate surface area is 163 Å². The molecule has 2 rings (SSSR count). The van der Waals surface area contributed by atoms with Crippen LogP contribution in [0.15, 0.2) is 46.7 Å². The average molecular weight is 410 g/mol. The summed E-state index contributed by atoms with van der Waals surface area (Å²) in [6, 6.07) is 8.68. The first-order valence-electron chi connectivity index (χ1n) is 8.54. The van der Waals surface area contributed by atoms with Crippen LogP contribution in [-0.4, -0.2) is 32.8 Å². The van der Waals surface area contributed by atoms with Crippen LogP contribution in [0.5, 0.6) is 0 Å². The zero-order valence-electron chi connectivity index (χ0n) is 15.2. The van der Waals surface area contributed by atoms with Crippen LogP contribution in [0, 0.1) is 0 Å². The van der Waals surface area contributed by atoms with Crippen molar-refractivity contribution in [2.75, 3.05) is 6.54 Å². The van der Waals surface area contributed by atoms with Crippen molar-refractivity contribution in [2.45, 2.75) is 37.8 Å². The molecule has 9 heteroatoms. The lowest BCUT2D eigenvalue weighted by molar-refractivity contribution is -0.122. The topological polar surface area (TPSA) is 104 Å². The summed E-state index contributed by atoms with van der Waals surface area (Å²) in [7, 11) is -3.75. The third-order valence-electron chi connectivity index (χ3n) is 3.71. The quantitative estimate of drug-likeness (QED) is 0.588. The van der Waals surface area contributed by atoms with Crippen LogP contribution >= 0.6 is 11.3 Å². The van der Waals surface area contributed by atoms with Gasteiger partial charge in [-0.3, -0.25) is 9.59 Å². The largest absolute Gasteiger partial charge is 0.354 e. The van der Waals surface area contributed by atoms with E-state index in [-0.39, 0.29) is 22.9 Å². The first-order chi connectivity index (χ1) is 12.8. The summed E-state index contributed by atoms with van der Waals surface area (Å²) in [5.41, 5.74) is 0.171. The molecule has 146 valence electrons. The summed E-state index contributed by atoms with van der Waals surface area (Å²) >= 11 is 1.45. The van der Waals surface area contributed by atoms with Crippen LogP contribution in [0.4, 0.5) is 0 Å². The second kappa shape index (κ2) is 9.63. The van der Waals surface area contributed by atoms with Gasteiger partial charge in [0, 0.05) is 23.5 Å². The minimum absolute atomic E-state index is 0.00482. The Morgan fingerprint density at radius 3 is 2.63 bits per heavy atom. The van der Waals surface area contributed by atoms with Gasteiger partial charge in [-0.1, -0.05) is 19.1 Å². The standard InChI is InChI=1S/C18H23N3O4S2/c1-3-9-19-17(22)13(2)21-18(23)14-6-4-8-16(11-14)27(24,25)20-12-15-7-5-10-26-15/h4-8,10-11,13,20H,3,9,12H2,1-2H3,(H,19,22)(H,21,23). The van der Waals surface area contributed by atoms with Crippen molar-refractivity contribution in [2.24, 2.45) is 0 Å². The SMILES string of the molecule is CCCNC(=O)C(C)NC(=O)c1cccc(S(=O)(=O)NCc2cccs2)c1. The van der Waals surface area contributed by atoms with Gasteiger partial charge in [0.15, 0.2) is 0 Å². The van der Waals surface area contributed by atoms with E-state index in [1.165, 1.54) is 35.6 Å². The van der Waals surface area contributed by atoms with E-state index in [0.717, 1.165) is 11.3 Å². The highest BCUT2D eigenvalue weighted by atomic mass is 32.2. The molecule has 0 fully saturated rings. The van der Waals surface area contributed by atoms with Crippen LogP contribution < -0.4 is 15.4 Å². The normalized spacial score (nSPS) is 12.4. The highest BCUT2D eigenvalue weighted by Crippen LogP contribution is 2.14. The molecular formula is C18H23N3O4S2. The molecule has 0 aliphatic heterocycles. The molecule has 0 aliphatic rings. The second-order valence-electron chi connectivity index (χ2n) is 5.92. The zero-order chi connectivity index (χ0) is 19.9. The number of hydrogen-bond acceptors (Lipinski definition) is 5. The Hall–Kier alpha value is -2.23. The number of thiophene rings is 1. The maximum absolute atomic E-state index is 12.4. The van der Waals surface area contributed by atoms with Gasteiger partial charge in [-0.15, -0.1) is 11.3 Å². The molecule has 0 saturated heterocycles. The molecule has 0 radical (unpaired) electrons. The summed E-state index contributed by atoms with van der Waals surface area (Å²) < 4.78 is 27.4. The van der Waals surface area contributed by atoms with Gasteiger partial charge in [0.2, 0.25) is 15.9 Å². The van der Waals surface area contributed by atoms with Crippen LogP contribution in [0.2, 0.25) is 0 Å². The summed E-state index contributed by atoms with van der Waals surface area (Å²) in [5.74, 6) is -0.795. The molecule has 2 amide bonds. The van der Waals surface area contributed by atoms with Gasteiger partial charge in [0.25, 0.3) is 5.91 Å². The number of carbonyl (C=O) groups is 2. The highest BCUT2D eigenvalue weighted by molar-refractivity contribution is 7.89. The molecule has 3 N–H and O–H groups in total. The number of nitrogens with one attached hydrogen (secondary N) is 3. The number of benzene rings is 1. The lowest BCUT2D eigenvalue weighted by Crippen LogP contribution is -2.45. The lowest BCUT2D eigenvalue weighted by atomic mass is 10.2. The van der Waals surface area contributed by atoms with Gasteiger partial charge >= 0.3 is 0 Å². The molecule has 1 aromatic carbocycles. The first kappa shape index (κ1) is 21.1. The smallest absolute Gasteiger partial charge is 0.251 e. The Morgan fingerprint density at radius 2 is 1.96 bits per heavy atom. The van der Waals surface area contributed by atoms with Crippen LogP contribution in [0.1, 0.15) is 35.5 Å². The predicted molar refractivity (Wildman–Crippen MR) is 105 cm³/mol. The molecule has 0 spiro atoms. The molecule has 7 nitrogen and oxygen atoms in total. The van der Waals surface area contributed by atoms with Crippen LogP contribution in [-0.2, 0) is 21.4 Å². The molecule has 27 heavy (non-hydrogen) atoms. The molecule has 0 bridgehead atoms. The second-order valence-corrected chi connectivity index (χ2v) is 8.72. The van der Waals surface area contributed by atoms with E-state index in [1.807, 2.05) is 24.4 Å². The van der Waals surface area contributed by atoms with E-state index < -0.39 is 22.0 Å². The number of carbonyl (C=O) groups excluding carboxylic acids is 2. The van der Waals surface area contributed by atoms with Gasteiger partial charge in [-0.25, -0.2) is 13.1 Å². The van der Waals surface area contributed by atoms with E-state index in [4.69, 9.17) is 0 Å². The minimum atomic E-state index is -3.75. The van der Waals surface area contributed by atoms with Crippen molar-refractivity contribution in [3.05, 3.63) is 52.2 Å². The van der Waals surface area contributed by atoms with Gasteiger partial charge in [-0.2, -0.15) is 0 Å². The van der Waals surface area contributed by atoms with Gasteiger partial charge in [0.05, 0.1) is 4.90 Å². The number of rotatable bonds is 9. The Morgan fingerprint density at radius 1 is 1.19 bits per heavy atom. The molecule has 1 aromatic heterocycles. The monoisotopic (exact) mass is 409 g/mol. The van der Waals surface area contributed by atoms with Crippen molar-refractivity contribution >= 4 is 33.2 Å². The van der Waals surface area contributed by atoms with Crippen LogP contribution in [0.3, 0.4) is 0 Å². The summed E-state index contributed by atoms with van der Waals surface area (Å²) in [4.78, 5) is 25.1. The average Bonchev–Trinajstić information content (AvgIpc) is 3.18. The van der Waals surface area contributed by atoms with E-state index in [0.29, 0.717) is 6.54 Å². The lowest BCUT2D eigenvalue weighted by Gasteiger charge is -2.14. The highest BCUT2D eigenvalue weighted by Gasteiger charge is 2.19. The van der Waals surface area contributed by atoms with Gasteiger partial charge in [0.1, 0.15) is 6.04 Å². The molecule has 2 aromatic rings. The Balaban J connectivity index is 2.05. The first-order valence-corrected chi connectivity index (χ1v) is 10.9. The fourth-order valence-electron chi connectivity index (χ4n) is 2.21. The maximum atomic E-state index is 12.4. The van der Waals surface area contributed by atoms with Crippen LogP contribution in [0.25, 0.3) is 0 Å². The Kier molecular flexibility index (Phi) is 7.52. The third kappa shape index (κ3) is 6.16. The summed E-state index contributed by atoms with van der Waals surface area (Å²) in [5, 5.41) is 7.14. The van der Waals surface area contributed by atoms with E-state index in [2.05, 4.69) is 15.4 Å². The van der Waals surface area contributed by atoms with E-state index >= 15 is 0 Å².